The fourth-order valence-corrected chi connectivity index (χ4v) is 7.00. The highest BCUT2D eigenvalue weighted by molar-refractivity contribution is 5.89. The van der Waals surface area contributed by atoms with Crippen molar-refractivity contribution in [3.05, 3.63) is 108 Å². The summed E-state index contributed by atoms with van der Waals surface area (Å²) >= 11 is 0. The molecule has 2 amide bonds. The summed E-state index contributed by atoms with van der Waals surface area (Å²) in [5.74, 6) is 1.09. The molecule has 0 radical (unpaired) electrons. The second-order valence-corrected chi connectivity index (χ2v) is 13.6. The van der Waals surface area contributed by atoms with Crippen molar-refractivity contribution in [1.29, 1.82) is 0 Å². The first-order valence-corrected chi connectivity index (χ1v) is 18.0. The van der Waals surface area contributed by atoms with Crippen LogP contribution in [-0.2, 0) is 11.2 Å². The summed E-state index contributed by atoms with van der Waals surface area (Å²) in [6.07, 6.45) is 1.19. The number of aromatic nitrogens is 6. The molecular weight excluding hydrogens is 708 g/mol. The number of hydrogen-bond acceptors (Lipinski definition) is 14. The molecular formula is C38H40N10O7. The largest absolute Gasteiger partial charge is 0.508 e. The van der Waals surface area contributed by atoms with E-state index < -0.39 is 24.5 Å². The molecule has 7 N–H and O–H groups in total. The zero-order chi connectivity index (χ0) is 38.1. The molecule has 2 fully saturated rings. The summed E-state index contributed by atoms with van der Waals surface area (Å²) in [6.45, 7) is 3.22. The van der Waals surface area contributed by atoms with Gasteiger partial charge in [-0.15, -0.1) is 0 Å². The average molecular weight is 749 g/mol. The van der Waals surface area contributed by atoms with E-state index in [2.05, 4.69) is 31.1 Å². The van der Waals surface area contributed by atoms with Crippen molar-refractivity contribution < 1.29 is 34.5 Å². The Balaban J connectivity index is 1.11. The van der Waals surface area contributed by atoms with Crippen LogP contribution in [0.4, 0.5) is 22.2 Å². The number of imidazole rings is 1. The quantitative estimate of drug-likeness (QED) is 0.1000. The van der Waals surface area contributed by atoms with Gasteiger partial charge in [0.25, 0.3) is 0 Å². The van der Waals surface area contributed by atoms with Crippen LogP contribution in [0, 0.1) is 0 Å². The average Bonchev–Trinajstić information content (AvgIpc) is 4.01. The number of rotatable bonds is 11. The number of aryl methyl sites for hydroxylation is 1. The van der Waals surface area contributed by atoms with Crippen LogP contribution < -0.4 is 20.9 Å². The van der Waals surface area contributed by atoms with Crippen LogP contribution in [0.3, 0.4) is 0 Å². The molecule has 0 spiro atoms. The van der Waals surface area contributed by atoms with Crippen molar-refractivity contribution in [2.75, 3.05) is 35.2 Å². The van der Waals surface area contributed by atoms with Crippen molar-refractivity contribution in [3.8, 4) is 11.5 Å². The summed E-state index contributed by atoms with van der Waals surface area (Å²) in [5.41, 5.74) is 3.81. The van der Waals surface area contributed by atoms with Crippen molar-refractivity contribution in [3.63, 3.8) is 0 Å². The molecule has 17 heteroatoms. The zero-order valence-corrected chi connectivity index (χ0v) is 29.7. The van der Waals surface area contributed by atoms with Gasteiger partial charge in [-0.1, -0.05) is 36.3 Å². The number of phenols is 2. The van der Waals surface area contributed by atoms with Crippen LogP contribution in [0.15, 0.2) is 90.0 Å². The van der Waals surface area contributed by atoms with Crippen molar-refractivity contribution in [2.45, 2.75) is 56.3 Å². The van der Waals surface area contributed by atoms with Gasteiger partial charge in [-0.05, 0) is 60.4 Å². The number of fused-ring (bicyclic) bond motifs is 1. The number of carbonyl (C=O) groups is 1. The van der Waals surface area contributed by atoms with E-state index >= 15 is 0 Å². The van der Waals surface area contributed by atoms with E-state index in [1.54, 1.807) is 59.4 Å². The van der Waals surface area contributed by atoms with E-state index in [1.807, 2.05) is 36.1 Å². The molecule has 55 heavy (non-hydrogen) atoms. The number of pyridine rings is 1. The molecule has 5 atom stereocenters. The summed E-state index contributed by atoms with van der Waals surface area (Å²) in [4.78, 5) is 33.3. The van der Waals surface area contributed by atoms with Gasteiger partial charge in [-0.2, -0.15) is 9.97 Å². The normalized spacial score (nSPS) is 21.0. The molecule has 284 valence electrons. The van der Waals surface area contributed by atoms with E-state index in [0.717, 1.165) is 11.1 Å². The van der Waals surface area contributed by atoms with Crippen LogP contribution in [0.5, 0.6) is 11.5 Å². The van der Waals surface area contributed by atoms with Crippen molar-refractivity contribution in [2.24, 2.45) is 0 Å². The Morgan fingerprint density at radius 2 is 1.75 bits per heavy atom. The molecule has 1 unspecified atom stereocenters. The van der Waals surface area contributed by atoms with Crippen molar-refractivity contribution in [1.82, 2.24) is 35.0 Å². The number of aliphatic hydroxyl groups is 2. The van der Waals surface area contributed by atoms with Gasteiger partial charge < -0.3 is 50.5 Å². The standard InChI is InChI=1S/C38H40N10O7/c1-2-23-16-29(55-46-23)33-31(51)32(52)36(54-33)48-20-41-30-34(40-18-28(21-5-9-26(49)10-6-21)22-7-11-27(50)12-8-22)44-37(45-35(30)48)47-15-13-25(19-47)43-38(53)42-24-4-3-14-39-17-24/h3-12,14,16-17,20,25,28,31-33,36,49-52H,2,13,15,18-19H2,1H3,(H,40,44,45)(H2,42,43,53)/t25?,31-,32+,33+,36+/m0/s1. The predicted molar refractivity (Wildman–Crippen MR) is 200 cm³/mol. The molecule has 17 nitrogen and oxygen atoms in total. The minimum atomic E-state index is -1.36. The van der Waals surface area contributed by atoms with Crippen LogP contribution in [0.25, 0.3) is 11.2 Å². The summed E-state index contributed by atoms with van der Waals surface area (Å²) in [6, 6.07) is 18.5. The maximum Gasteiger partial charge on any atom is 0.319 e. The predicted octanol–water partition coefficient (Wildman–Crippen LogP) is 3.82. The summed E-state index contributed by atoms with van der Waals surface area (Å²) in [5, 5.41) is 55.7. The van der Waals surface area contributed by atoms with Gasteiger partial charge in [0.15, 0.2) is 29.0 Å². The number of nitrogens with zero attached hydrogens (tertiary/aromatic N) is 7. The highest BCUT2D eigenvalue weighted by atomic mass is 16.6. The molecule has 0 saturated carbocycles. The lowest BCUT2D eigenvalue weighted by atomic mass is 9.91. The molecule has 2 aromatic carbocycles. The number of aliphatic hydroxyl groups excluding tert-OH is 2. The van der Waals surface area contributed by atoms with Crippen molar-refractivity contribution >= 4 is 34.6 Å². The van der Waals surface area contributed by atoms with E-state index in [4.69, 9.17) is 19.2 Å². The van der Waals surface area contributed by atoms with Gasteiger partial charge in [-0.25, -0.2) is 9.78 Å². The first-order valence-electron chi connectivity index (χ1n) is 18.0. The second-order valence-electron chi connectivity index (χ2n) is 13.6. The highest BCUT2D eigenvalue weighted by Crippen LogP contribution is 2.41. The number of amides is 2. The third kappa shape index (κ3) is 7.44. The SMILES string of the molecule is CCc1cc([C@H]2O[C@@H](n3cnc4c(NCC(c5ccc(O)cc5)c5ccc(O)cc5)nc(N5CCC(NC(=O)Nc6cccnc6)C5)nc43)[C@H](O)[C@@H]2O)on1. The van der Waals surface area contributed by atoms with Gasteiger partial charge in [-0.3, -0.25) is 9.55 Å². The van der Waals surface area contributed by atoms with E-state index in [1.165, 1.54) is 6.33 Å². The van der Waals surface area contributed by atoms with Gasteiger partial charge in [0.1, 0.15) is 29.8 Å². The molecule has 0 aliphatic carbocycles. The van der Waals surface area contributed by atoms with Gasteiger partial charge in [0.2, 0.25) is 5.95 Å². The molecule has 6 aromatic rings. The zero-order valence-electron chi connectivity index (χ0n) is 29.7. The highest BCUT2D eigenvalue weighted by Gasteiger charge is 2.47. The topological polar surface area (TPSA) is 229 Å². The molecule has 2 aliphatic heterocycles. The number of ether oxygens (including phenoxy) is 1. The van der Waals surface area contributed by atoms with Crippen LogP contribution in [0.2, 0.25) is 0 Å². The lowest BCUT2D eigenvalue weighted by molar-refractivity contribution is -0.0434. The van der Waals surface area contributed by atoms with E-state index in [-0.39, 0.29) is 29.5 Å². The lowest BCUT2D eigenvalue weighted by Gasteiger charge is -2.22. The fraction of sp³-hybridized carbons (Fsp3) is 0.316. The Bertz CT molecular complexity index is 2200. The fourth-order valence-electron chi connectivity index (χ4n) is 7.00. The molecule has 8 rings (SSSR count). The molecule has 2 aliphatic rings. The Hall–Kier alpha value is -6.30. The number of carbonyl (C=O) groups excluding carboxylic acids is 1. The maximum atomic E-state index is 12.8. The number of nitrogens with one attached hydrogen (secondary N) is 3. The third-order valence-corrected chi connectivity index (χ3v) is 9.93. The van der Waals surface area contributed by atoms with E-state index in [0.29, 0.717) is 72.5 Å². The van der Waals surface area contributed by atoms with E-state index in [9.17, 15) is 25.2 Å². The smallest absolute Gasteiger partial charge is 0.319 e. The third-order valence-electron chi connectivity index (χ3n) is 9.93. The Kier molecular flexibility index (Phi) is 9.88. The number of hydrogen-bond donors (Lipinski definition) is 7. The maximum absolute atomic E-state index is 12.8. The molecule has 2 saturated heterocycles. The first kappa shape index (κ1) is 35.7. The number of phenolic OH excluding ortho intramolecular Hbond substituents is 2. The van der Waals surface area contributed by atoms with Crippen LogP contribution in [-0.4, -0.2) is 94.0 Å². The van der Waals surface area contributed by atoms with Gasteiger partial charge in [0, 0.05) is 43.9 Å². The summed E-state index contributed by atoms with van der Waals surface area (Å²) < 4.78 is 13.2. The van der Waals surface area contributed by atoms with Crippen LogP contribution in [0.1, 0.15) is 54.2 Å². The van der Waals surface area contributed by atoms with Crippen LogP contribution >= 0.6 is 0 Å². The Morgan fingerprint density at radius 1 is 1.00 bits per heavy atom. The number of anilines is 3. The monoisotopic (exact) mass is 748 g/mol. The molecule has 4 aromatic heterocycles. The first-order chi connectivity index (χ1) is 26.7. The van der Waals surface area contributed by atoms with Gasteiger partial charge in [0.05, 0.1) is 23.9 Å². The number of aromatic hydroxyl groups is 2. The number of benzene rings is 2. The van der Waals surface area contributed by atoms with Gasteiger partial charge >= 0.3 is 6.03 Å². The Labute approximate surface area is 314 Å². The Morgan fingerprint density at radius 3 is 2.42 bits per heavy atom. The minimum Gasteiger partial charge on any atom is -0.508 e. The number of urea groups is 1. The lowest BCUT2D eigenvalue weighted by Crippen LogP contribution is -2.40. The molecule has 6 heterocycles. The molecule has 0 bridgehead atoms. The summed E-state index contributed by atoms with van der Waals surface area (Å²) in [7, 11) is 0. The second kappa shape index (κ2) is 15.2. The minimum absolute atomic E-state index is 0.139.